The van der Waals surface area contributed by atoms with Crippen LogP contribution in [0.15, 0.2) is 0 Å². The summed E-state index contributed by atoms with van der Waals surface area (Å²) in [5.74, 6) is -0.298. The zero-order chi connectivity index (χ0) is 13.6. The maximum atomic E-state index is 12.8. The average Bonchev–Trinajstić information content (AvgIpc) is 3.12. The minimum atomic E-state index is -4.10. The van der Waals surface area contributed by atoms with Gasteiger partial charge in [0, 0.05) is 18.7 Å². The Balaban J connectivity index is 1.82. The predicted molar refractivity (Wildman–Crippen MR) is 69.5 cm³/mol. The summed E-state index contributed by atoms with van der Waals surface area (Å²) in [5.41, 5.74) is 6.85. The van der Waals surface area contributed by atoms with E-state index in [1.807, 2.05) is 4.90 Å². The van der Waals surface area contributed by atoms with Gasteiger partial charge in [-0.15, -0.1) is 0 Å². The van der Waals surface area contributed by atoms with Gasteiger partial charge in [-0.05, 0) is 43.1 Å². The van der Waals surface area contributed by atoms with Crippen LogP contribution in [0.5, 0.6) is 0 Å². The molecule has 1 aliphatic heterocycles. The number of alkyl halides is 3. The molecule has 1 saturated carbocycles. The lowest BCUT2D eigenvalue weighted by molar-refractivity contribution is -0.175. The fourth-order valence-corrected chi connectivity index (χ4v) is 3.65. The van der Waals surface area contributed by atoms with Crippen molar-refractivity contribution in [2.75, 3.05) is 23.7 Å². The molecule has 1 aliphatic carbocycles. The van der Waals surface area contributed by atoms with Crippen molar-refractivity contribution in [3.8, 4) is 0 Å². The monoisotopic (exact) mass is 291 g/mol. The molecule has 106 valence electrons. The van der Waals surface area contributed by atoms with Gasteiger partial charge in [-0.1, -0.05) is 0 Å². The quantitative estimate of drug-likeness (QED) is 0.908. The molecule has 3 rings (SSSR count). The van der Waals surface area contributed by atoms with Gasteiger partial charge < -0.3 is 10.6 Å². The van der Waals surface area contributed by atoms with Crippen LogP contribution in [0.25, 0.3) is 0 Å². The molecule has 1 aromatic heterocycles. The molecule has 1 atom stereocenters. The molecule has 1 aromatic rings. The van der Waals surface area contributed by atoms with Crippen LogP contribution in [0, 0.1) is 5.92 Å². The molecule has 0 aromatic carbocycles. The summed E-state index contributed by atoms with van der Waals surface area (Å²) >= 11 is 1.25. The van der Waals surface area contributed by atoms with E-state index in [9.17, 15) is 13.2 Å². The highest BCUT2D eigenvalue weighted by Crippen LogP contribution is 2.49. The van der Waals surface area contributed by atoms with Crippen LogP contribution in [0.3, 0.4) is 0 Å². The first-order valence-corrected chi connectivity index (χ1v) is 7.31. The third kappa shape index (κ3) is 2.52. The number of nitrogens with zero attached hydrogens (tertiary/aromatic N) is 2. The zero-order valence-electron chi connectivity index (χ0n) is 10.4. The number of nitrogens with two attached hydrogens (primary N) is 1. The van der Waals surface area contributed by atoms with Crippen LogP contribution in [-0.2, 0) is 0 Å². The van der Waals surface area contributed by atoms with Crippen LogP contribution in [0.2, 0.25) is 0 Å². The summed E-state index contributed by atoms with van der Waals surface area (Å²) in [6.45, 7) is 0.721. The van der Waals surface area contributed by atoms with Gasteiger partial charge in [0.2, 0.25) is 0 Å². The molecule has 2 fully saturated rings. The molecule has 1 saturated heterocycles. The Bertz CT molecular complexity index is 467. The van der Waals surface area contributed by atoms with Crippen molar-refractivity contribution < 1.29 is 13.2 Å². The first-order chi connectivity index (χ1) is 8.97. The van der Waals surface area contributed by atoms with Gasteiger partial charge in [-0.2, -0.15) is 17.5 Å². The summed E-state index contributed by atoms with van der Waals surface area (Å²) in [6, 6.07) is 0. The van der Waals surface area contributed by atoms with Crippen LogP contribution in [0.1, 0.15) is 37.2 Å². The maximum absolute atomic E-state index is 12.8. The van der Waals surface area contributed by atoms with E-state index in [1.54, 1.807) is 0 Å². The van der Waals surface area contributed by atoms with Crippen molar-refractivity contribution in [1.29, 1.82) is 0 Å². The van der Waals surface area contributed by atoms with Crippen LogP contribution < -0.4 is 10.6 Å². The van der Waals surface area contributed by atoms with Crippen molar-refractivity contribution in [2.45, 2.75) is 37.8 Å². The van der Waals surface area contributed by atoms with E-state index in [2.05, 4.69) is 4.37 Å². The molecule has 2 heterocycles. The van der Waals surface area contributed by atoms with Crippen LogP contribution in [0.4, 0.5) is 24.0 Å². The van der Waals surface area contributed by atoms with Crippen LogP contribution in [-0.4, -0.2) is 23.6 Å². The minimum Gasteiger partial charge on any atom is -0.383 e. The maximum Gasteiger partial charge on any atom is 0.393 e. The highest BCUT2D eigenvalue weighted by atomic mass is 32.1. The molecule has 2 aliphatic rings. The summed E-state index contributed by atoms with van der Waals surface area (Å²) in [7, 11) is 0. The van der Waals surface area contributed by atoms with E-state index < -0.39 is 12.1 Å². The number of nitrogen functional groups attached to an aromatic ring is 1. The van der Waals surface area contributed by atoms with Crippen molar-refractivity contribution in [2.24, 2.45) is 5.92 Å². The molecule has 0 amide bonds. The van der Waals surface area contributed by atoms with Crippen molar-refractivity contribution in [1.82, 2.24) is 4.37 Å². The third-order valence-corrected chi connectivity index (χ3v) is 4.83. The Hall–Kier alpha value is -0.980. The van der Waals surface area contributed by atoms with Gasteiger partial charge >= 0.3 is 6.18 Å². The minimum absolute atomic E-state index is 0.0465. The number of rotatable bonds is 2. The Morgan fingerprint density at radius 1 is 1.26 bits per heavy atom. The summed E-state index contributed by atoms with van der Waals surface area (Å²) in [4.78, 5) is 1.84. The molecule has 3 nitrogen and oxygen atoms in total. The Morgan fingerprint density at radius 2 is 2.00 bits per heavy atom. The summed E-state index contributed by atoms with van der Waals surface area (Å²) in [6.07, 6.45) is -1.15. The van der Waals surface area contributed by atoms with Crippen molar-refractivity contribution in [3.63, 3.8) is 0 Å². The first kappa shape index (κ1) is 13.0. The molecular formula is C12H16F3N3S. The number of aromatic nitrogens is 1. The number of piperidine rings is 1. The van der Waals surface area contributed by atoms with Gasteiger partial charge in [0.1, 0.15) is 10.8 Å². The second kappa shape index (κ2) is 4.54. The molecular weight excluding hydrogens is 275 g/mol. The predicted octanol–water partition coefficient (Wildman–Crippen LogP) is 3.38. The molecule has 0 radical (unpaired) electrons. The Labute approximate surface area is 113 Å². The second-order valence-corrected chi connectivity index (χ2v) is 6.14. The first-order valence-electron chi connectivity index (χ1n) is 6.53. The van der Waals surface area contributed by atoms with Gasteiger partial charge in [0.25, 0.3) is 0 Å². The Morgan fingerprint density at radius 3 is 2.63 bits per heavy atom. The topological polar surface area (TPSA) is 42.1 Å². The molecule has 2 N–H and O–H groups in total. The Kier molecular flexibility index (Phi) is 3.11. The van der Waals surface area contributed by atoms with E-state index in [0.29, 0.717) is 24.7 Å². The number of hydrogen-bond donors (Lipinski definition) is 1. The fourth-order valence-electron chi connectivity index (χ4n) is 2.71. The number of halogens is 3. The average molecular weight is 291 g/mol. The van der Waals surface area contributed by atoms with Gasteiger partial charge in [-0.3, -0.25) is 0 Å². The van der Waals surface area contributed by atoms with E-state index in [-0.39, 0.29) is 13.0 Å². The number of hydrogen-bond acceptors (Lipinski definition) is 4. The van der Waals surface area contributed by atoms with E-state index in [1.165, 1.54) is 11.5 Å². The summed E-state index contributed by atoms with van der Waals surface area (Å²) < 4.78 is 42.7. The zero-order valence-corrected chi connectivity index (χ0v) is 11.2. The lowest BCUT2D eigenvalue weighted by atomic mass is 9.97. The van der Waals surface area contributed by atoms with Gasteiger partial charge in [-0.25, -0.2) is 0 Å². The van der Waals surface area contributed by atoms with E-state index in [0.717, 1.165) is 23.4 Å². The fraction of sp³-hybridized carbons (Fsp3) is 0.750. The van der Waals surface area contributed by atoms with Crippen LogP contribution >= 0.6 is 11.5 Å². The van der Waals surface area contributed by atoms with E-state index in [4.69, 9.17) is 5.73 Å². The molecule has 7 heteroatoms. The largest absolute Gasteiger partial charge is 0.393 e. The third-order valence-electron chi connectivity index (χ3n) is 3.89. The smallest absolute Gasteiger partial charge is 0.383 e. The molecule has 19 heavy (non-hydrogen) atoms. The second-order valence-electron chi connectivity index (χ2n) is 5.39. The molecule has 1 unspecified atom stereocenters. The highest BCUT2D eigenvalue weighted by Gasteiger charge is 2.43. The standard InChI is InChI=1S/C12H16F3N3S/c13-12(14,15)8-2-1-5-18(6-8)11-9(7-3-4-7)10(16)17-19-11/h7-8H,1-6H2,(H2,16,17). The van der Waals surface area contributed by atoms with Crippen molar-refractivity contribution in [3.05, 3.63) is 5.56 Å². The highest BCUT2D eigenvalue weighted by molar-refractivity contribution is 7.10. The van der Waals surface area contributed by atoms with Gasteiger partial charge in [0.05, 0.1) is 5.92 Å². The lowest BCUT2D eigenvalue weighted by Gasteiger charge is -2.34. The number of anilines is 2. The van der Waals surface area contributed by atoms with Crippen molar-refractivity contribution >= 4 is 22.4 Å². The normalized spacial score (nSPS) is 24.8. The van der Waals surface area contributed by atoms with Gasteiger partial charge in [0.15, 0.2) is 0 Å². The summed E-state index contributed by atoms with van der Waals surface area (Å²) in [5, 5.41) is 0.869. The lowest BCUT2D eigenvalue weighted by Crippen LogP contribution is -2.41. The molecule has 0 bridgehead atoms. The van der Waals surface area contributed by atoms with E-state index >= 15 is 0 Å². The molecule has 0 spiro atoms. The SMILES string of the molecule is Nc1nsc(N2CCCC(C(F)(F)F)C2)c1C1CC1.